The molecule has 6 rings (SSSR count). The van der Waals surface area contributed by atoms with Gasteiger partial charge in [0.15, 0.2) is 35.4 Å². The van der Waals surface area contributed by atoms with Crippen molar-refractivity contribution in [2.24, 2.45) is 7.05 Å². The van der Waals surface area contributed by atoms with E-state index in [9.17, 15) is 9.90 Å². The molecule has 0 unspecified atom stereocenters. The van der Waals surface area contributed by atoms with E-state index in [2.05, 4.69) is 36.0 Å². The zero-order valence-electron chi connectivity index (χ0n) is 23.8. The van der Waals surface area contributed by atoms with Crippen LogP contribution in [0, 0.1) is 0 Å². The molecule has 1 aliphatic heterocycles. The number of tetrazole rings is 1. The van der Waals surface area contributed by atoms with Gasteiger partial charge in [-0.05, 0) is 24.6 Å². The van der Waals surface area contributed by atoms with E-state index in [0.29, 0.717) is 42.4 Å². The van der Waals surface area contributed by atoms with Crippen LogP contribution >= 0.6 is 0 Å². The van der Waals surface area contributed by atoms with E-state index >= 15 is 0 Å². The van der Waals surface area contributed by atoms with Gasteiger partial charge in [0.2, 0.25) is 11.8 Å². The van der Waals surface area contributed by atoms with E-state index in [1.165, 1.54) is 11.1 Å². The zero-order chi connectivity index (χ0) is 29.9. The third kappa shape index (κ3) is 5.87. The van der Waals surface area contributed by atoms with Gasteiger partial charge in [-0.15, -0.1) is 10.2 Å². The average Bonchev–Trinajstić information content (AvgIpc) is 3.80. The molecule has 0 radical (unpaired) electrons. The number of nitrogens with one attached hydrogen (secondary N) is 2. The van der Waals surface area contributed by atoms with Crippen LogP contribution in [-0.4, -0.2) is 79.6 Å². The topological polar surface area (TPSA) is 185 Å². The summed E-state index contributed by atoms with van der Waals surface area (Å²) in [7, 11) is 1.92. The van der Waals surface area contributed by atoms with Crippen molar-refractivity contribution < 1.29 is 19.4 Å². The van der Waals surface area contributed by atoms with E-state index in [1.54, 1.807) is 10.9 Å². The number of rotatable bonds is 12. The number of hydrogen-bond acceptors (Lipinski definition) is 13. The first-order chi connectivity index (χ1) is 20.9. The van der Waals surface area contributed by atoms with Gasteiger partial charge in [0.1, 0.15) is 6.10 Å². The third-order valence-electron chi connectivity index (χ3n) is 7.01. The number of nitrogens with zero attached hydrogens (tertiary/aromatic N) is 10. The number of carbonyl (C=O) groups is 1. The lowest BCUT2D eigenvalue weighted by Crippen LogP contribution is -2.31. The highest BCUT2D eigenvalue weighted by Gasteiger charge is 2.49. The number of aliphatic hydroxyl groups is 1. The van der Waals surface area contributed by atoms with E-state index < -0.39 is 24.5 Å². The lowest BCUT2D eigenvalue weighted by Gasteiger charge is -2.18. The van der Waals surface area contributed by atoms with Crippen LogP contribution in [0.25, 0.3) is 11.2 Å². The van der Waals surface area contributed by atoms with E-state index in [1.807, 2.05) is 62.0 Å². The van der Waals surface area contributed by atoms with Crippen molar-refractivity contribution in [2.45, 2.75) is 57.4 Å². The summed E-state index contributed by atoms with van der Waals surface area (Å²) in [5.74, 6) is 1.04. The number of aromatic nitrogens is 10. The molecule has 224 valence electrons. The highest BCUT2D eigenvalue weighted by Crippen LogP contribution is 2.40. The summed E-state index contributed by atoms with van der Waals surface area (Å²) >= 11 is 0. The van der Waals surface area contributed by atoms with Gasteiger partial charge in [-0.25, -0.2) is 9.97 Å². The summed E-state index contributed by atoms with van der Waals surface area (Å²) in [6, 6.07) is 9.86. The molecule has 5 heterocycles. The average molecular weight is 589 g/mol. The van der Waals surface area contributed by atoms with Crippen molar-refractivity contribution in [1.29, 1.82) is 0 Å². The molecule has 5 aromatic rings. The lowest BCUT2D eigenvalue weighted by atomic mass is 10.1. The normalized spacial score (nSPS) is 20.1. The fourth-order valence-electron chi connectivity index (χ4n) is 4.86. The molecule has 1 fully saturated rings. The molecule has 0 aliphatic carbocycles. The highest BCUT2D eigenvalue weighted by atomic mass is 16.6. The molecule has 0 spiro atoms. The molecule has 1 aromatic carbocycles. The Morgan fingerprint density at radius 3 is 2.70 bits per heavy atom. The molecule has 43 heavy (non-hydrogen) atoms. The second-order valence-corrected chi connectivity index (χ2v) is 10.5. The first-order valence-corrected chi connectivity index (χ1v) is 13.9. The number of ether oxygens (including phenoxy) is 2. The number of fused-ring (bicyclic) bond motifs is 1. The number of hydrogen-bond donors (Lipinski definition) is 3. The van der Waals surface area contributed by atoms with E-state index in [-0.39, 0.29) is 18.3 Å². The molecule has 0 bridgehead atoms. The van der Waals surface area contributed by atoms with Crippen LogP contribution in [-0.2, 0) is 34.3 Å². The van der Waals surface area contributed by atoms with Gasteiger partial charge in [-0.1, -0.05) is 30.3 Å². The molecule has 4 atom stereocenters. The molecular formula is C27H32N12O4. The Bertz CT molecular complexity index is 1680. The van der Waals surface area contributed by atoms with E-state index in [4.69, 9.17) is 19.4 Å². The largest absolute Gasteiger partial charge is 0.458 e. The quantitative estimate of drug-likeness (QED) is 0.179. The molecular weight excluding hydrogens is 556 g/mol. The second-order valence-electron chi connectivity index (χ2n) is 10.5. The number of carbonyl (C=O) groups excluding carboxylic acids is 1. The summed E-state index contributed by atoms with van der Waals surface area (Å²) in [5, 5.41) is 30.4. The summed E-state index contributed by atoms with van der Waals surface area (Å²) in [6.45, 7) is 5.11. The van der Waals surface area contributed by atoms with Gasteiger partial charge >= 0.3 is 0 Å². The molecule has 16 heteroatoms. The number of anilines is 2. The Kier molecular flexibility index (Phi) is 7.93. The van der Waals surface area contributed by atoms with Crippen LogP contribution in [0.4, 0.5) is 11.8 Å². The fourth-order valence-corrected chi connectivity index (χ4v) is 4.86. The van der Waals surface area contributed by atoms with Gasteiger partial charge in [0, 0.05) is 32.8 Å². The van der Waals surface area contributed by atoms with Crippen LogP contribution in [0.15, 0.2) is 49.2 Å². The van der Waals surface area contributed by atoms with Gasteiger partial charge in [-0.3, -0.25) is 9.36 Å². The van der Waals surface area contributed by atoms with Crippen LogP contribution < -0.4 is 10.6 Å². The third-order valence-corrected chi connectivity index (χ3v) is 7.01. The molecule has 0 amide bonds. The summed E-state index contributed by atoms with van der Waals surface area (Å²) < 4.78 is 15.0. The highest BCUT2D eigenvalue weighted by molar-refractivity contribution is 5.84. The minimum Gasteiger partial charge on any atom is -0.458 e. The van der Waals surface area contributed by atoms with E-state index in [0.717, 1.165) is 11.3 Å². The molecule has 0 saturated carbocycles. The van der Waals surface area contributed by atoms with Crippen LogP contribution in [0.1, 0.15) is 49.3 Å². The lowest BCUT2D eigenvalue weighted by molar-refractivity contribution is -0.140. The maximum Gasteiger partial charge on any atom is 0.293 e. The number of aliphatic hydroxyl groups excluding tert-OH is 1. The van der Waals surface area contributed by atoms with Gasteiger partial charge in [0.05, 0.1) is 24.4 Å². The molecule has 3 N–H and O–H groups in total. The Morgan fingerprint density at radius 1 is 1.14 bits per heavy atom. The zero-order valence-corrected chi connectivity index (χ0v) is 23.8. The molecule has 1 aliphatic rings. The first-order valence-electron chi connectivity index (χ1n) is 13.9. The molecule has 16 nitrogen and oxygen atoms in total. The molecule has 4 aromatic heterocycles. The number of benzene rings is 1. The predicted molar refractivity (Wildman–Crippen MR) is 153 cm³/mol. The van der Waals surface area contributed by atoms with Crippen molar-refractivity contribution in [3.63, 3.8) is 0 Å². The SMILES string of the molecule is CC(C)n1nnc([C@H]2O[C@@H](n3cnc4c(NCc5ccccc5)nc(NCCc5cn(C)cn5)nc43)[C@H](O)[C@@H]2OC=O)n1. The predicted octanol–water partition coefficient (Wildman–Crippen LogP) is 1.57. The first kappa shape index (κ1) is 28.2. The van der Waals surface area contributed by atoms with Gasteiger partial charge in [-0.2, -0.15) is 14.8 Å². The minimum atomic E-state index is -1.28. The Labute approximate surface area is 246 Å². The Morgan fingerprint density at radius 2 is 1.98 bits per heavy atom. The summed E-state index contributed by atoms with van der Waals surface area (Å²) in [6.07, 6.45) is 1.52. The Hall–Kier alpha value is -4.96. The maximum absolute atomic E-state index is 11.4. The summed E-state index contributed by atoms with van der Waals surface area (Å²) in [4.78, 5) is 31.1. The van der Waals surface area contributed by atoms with Crippen LogP contribution in [0.3, 0.4) is 0 Å². The number of imidazole rings is 2. The smallest absolute Gasteiger partial charge is 0.293 e. The van der Waals surface area contributed by atoms with Gasteiger partial charge in [0.25, 0.3) is 6.47 Å². The standard InChI is InChI=1S/C27H32N12O4/c1-16(2)39-35-24(34-36-39)22-21(42-15-40)20(41)26(43-22)38-14-31-19-23(29-11-17-7-5-4-6-8-17)32-27(33-25(19)38)28-10-9-18-12-37(3)13-30-18/h4-8,12-16,20-22,26,41H,9-11H2,1-3H3,(H2,28,29,32,33)/t20-,21+,22+,26-/m1/s1. The second kappa shape index (κ2) is 12.1. The Balaban J connectivity index is 1.32. The van der Waals surface area contributed by atoms with Crippen molar-refractivity contribution in [3.8, 4) is 0 Å². The summed E-state index contributed by atoms with van der Waals surface area (Å²) in [5.41, 5.74) is 2.87. The van der Waals surface area contributed by atoms with Crippen LogP contribution in [0.2, 0.25) is 0 Å². The van der Waals surface area contributed by atoms with Crippen molar-refractivity contribution in [1.82, 2.24) is 49.3 Å². The monoisotopic (exact) mass is 588 g/mol. The minimum absolute atomic E-state index is 0.0477. The number of aryl methyl sites for hydroxylation is 1. The fraction of sp³-hybridized carbons (Fsp3) is 0.407. The van der Waals surface area contributed by atoms with Crippen LogP contribution in [0.5, 0.6) is 0 Å². The van der Waals surface area contributed by atoms with Gasteiger partial charge < -0.3 is 29.8 Å². The van der Waals surface area contributed by atoms with Crippen molar-refractivity contribution in [2.75, 3.05) is 17.2 Å². The van der Waals surface area contributed by atoms with Crippen molar-refractivity contribution in [3.05, 3.63) is 66.3 Å². The maximum atomic E-state index is 11.4. The molecule has 1 saturated heterocycles. The van der Waals surface area contributed by atoms with Crippen molar-refractivity contribution >= 4 is 29.4 Å².